The highest BCUT2D eigenvalue weighted by Crippen LogP contribution is 2.31. The highest BCUT2D eigenvalue weighted by Gasteiger charge is 2.45. The molecule has 1 aliphatic rings. The van der Waals surface area contributed by atoms with E-state index in [-0.39, 0.29) is 30.7 Å². The molecule has 110 valence electrons. The maximum atomic E-state index is 11.5. The Balaban J connectivity index is 0. The summed E-state index contributed by atoms with van der Waals surface area (Å²) in [6.45, 7) is 8.45. The smallest absolute Gasteiger partial charge is 0.240 e. The van der Waals surface area contributed by atoms with E-state index in [4.69, 9.17) is 5.73 Å². The molecule has 1 aliphatic carbocycles. The standard InChI is InChI=1S/C12H25N3O.2ClH/c1-3-15(4-2)10-6-5-9-14-11(16)12(13)7-8-12;;/h3-10,13H2,1-2H3,(H,14,16);2*1H. The zero-order chi connectivity index (χ0) is 12.0. The zero-order valence-electron chi connectivity index (χ0n) is 11.4. The fraction of sp³-hybridized carbons (Fsp3) is 0.917. The lowest BCUT2D eigenvalue weighted by molar-refractivity contribution is -0.123. The molecule has 0 unspecified atom stereocenters. The van der Waals surface area contributed by atoms with Crippen LogP contribution >= 0.6 is 24.8 Å². The molecule has 0 aromatic heterocycles. The van der Waals surface area contributed by atoms with Crippen molar-refractivity contribution in [2.45, 2.75) is 45.1 Å². The molecule has 1 fully saturated rings. The highest BCUT2D eigenvalue weighted by molar-refractivity contribution is 5.88. The van der Waals surface area contributed by atoms with Crippen LogP contribution in [-0.2, 0) is 4.79 Å². The number of rotatable bonds is 8. The van der Waals surface area contributed by atoms with Crippen molar-refractivity contribution in [3.63, 3.8) is 0 Å². The van der Waals surface area contributed by atoms with Crippen molar-refractivity contribution in [1.82, 2.24) is 10.2 Å². The number of carbonyl (C=O) groups excluding carboxylic acids is 1. The van der Waals surface area contributed by atoms with E-state index in [1.54, 1.807) is 0 Å². The Morgan fingerprint density at radius 2 is 1.78 bits per heavy atom. The third kappa shape index (κ3) is 6.78. The summed E-state index contributed by atoms with van der Waals surface area (Å²) in [7, 11) is 0. The fourth-order valence-corrected chi connectivity index (χ4v) is 1.74. The SMILES string of the molecule is CCN(CC)CCCCNC(=O)C1(N)CC1.Cl.Cl. The van der Waals surface area contributed by atoms with Gasteiger partial charge in [0.15, 0.2) is 0 Å². The monoisotopic (exact) mass is 299 g/mol. The summed E-state index contributed by atoms with van der Waals surface area (Å²) in [5.41, 5.74) is 5.26. The van der Waals surface area contributed by atoms with E-state index in [1.807, 2.05) is 0 Å². The van der Waals surface area contributed by atoms with Crippen molar-refractivity contribution in [2.75, 3.05) is 26.2 Å². The molecule has 0 aromatic rings. The predicted octanol–water partition coefficient (Wildman–Crippen LogP) is 1.56. The minimum Gasteiger partial charge on any atom is -0.355 e. The second kappa shape index (κ2) is 9.84. The van der Waals surface area contributed by atoms with Crippen molar-refractivity contribution in [2.24, 2.45) is 5.73 Å². The predicted molar refractivity (Wildman–Crippen MR) is 80.7 cm³/mol. The summed E-state index contributed by atoms with van der Waals surface area (Å²) in [4.78, 5) is 13.9. The molecule has 18 heavy (non-hydrogen) atoms. The number of carbonyl (C=O) groups is 1. The summed E-state index contributed by atoms with van der Waals surface area (Å²) in [6.07, 6.45) is 3.87. The lowest BCUT2D eigenvalue weighted by Crippen LogP contribution is -2.43. The summed E-state index contributed by atoms with van der Waals surface area (Å²) >= 11 is 0. The van der Waals surface area contributed by atoms with Crippen LogP contribution in [0.3, 0.4) is 0 Å². The first-order valence-corrected chi connectivity index (χ1v) is 6.42. The van der Waals surface area contributed by atoms with Gasteiger partial charge in [-0.15, -0.1) is 24.8 Å². The molecule has 0 spiro atoms. The number of nitrogens with two attached hydrogens (primary N) is 1. The number of halogens is 2. The van der Waals surface area contributed by atoms with E-state index in [9.17, 15) is 4.79 Å². The van der Waals surface area contributed by atoms with Crippen molar-refractivity contribution in [3.8, 4) is 0 Å². The van der Waals surface area contributed by atoms with E-state index >= 15 is 0 Å². The summed E-state index contributed by atoms with van der Waals surface area (Å²) in [6, 6.07) is 0. The number of hydrogen-bond donors (Lipinski definition) is 2. The maximum Gasteiger partial charge on any atom is 0.240 e. The second-order valence-corrected chi connectivity index (χ2v) is 4.65. The molecule has 0 aromatic carbocycles. The average molecular weight is 300 g/mol. The summed E-state index contributed by atoms with van der Waals surface area (Å²) in [5, 5.41) is 2.91. The topological polar surface area (TPSA) is 58.4 Å². The van der Waals surface area contributed by atoms with Crippen LogP contribution in [-0.4, -0.2) is 42.5 Å². The van der Waals surface area contributed by atoms with Gasteiger partial charge < -0.3 is 16.0 Å². The first-order chi connectivity index (χ1) is 7.62. The van der Waals surface area contributed by atoms with Gasteiger partial charge in [-0.05, 0) is 45.3 Å². The molecule has 0 radical (unpaired) electrons. The van der Waals surface area contributed by atoms with Crippen LogP contribution in [0.5, 0.6) is 0 Å². The Morgan fingerprint density at radius 3 is 2.22 bits per heavy atom. The number of nitrogens with zero attached hydrogens (tertiary/aromatic N) is 1. The van der Waals surface area contributed by atoms with Crippen LogP contribution in [0.15, 0.2) is 0 Å². The molecule has 3 N–H and O–H groups in total. The third-order valence-electron chi connectivity index (χ3n) is 3.32. The van der Waals surface area contributed by atoms with E-state index < -0.39 is 5.54 Å². The van der Waals surface area contributed by atoms with Gasteiger partial charge >= 0.3 is 0 Å². The normalized spacial score (nSPS) is 15.6. The van der Waals surface area contributed by atoms with Gasteiger partial charge in [-0.25, -0.2) is 0 Å². The molecule has 1 amide bonds. The van der Waals surface area contributed by atoms with Crippen LogP contribution in [0.25, 0.3) is 0 Å². The van der Waals surface area contributed by atoms with Gasteiger partial charge in [0.1, 0.15) is 0 Å². The van der Waals surface area contributed by atoms with Crippen LogP contribution in [0.1, 0.15) is 39.5 Å². The van der Waals surface area contributed by atoms with Crippen LogP contribution in [0, 0.1) is 0 Å². The number of unbranched alkanes of at least 4 members (excludes halogenated alkanes) is 1. The van der Waals surface area contributed by atoms with E-state index in [0.717, 1.165) is 51.9 Å². The van der Waals surface area contributed by atoms with Gasteiger partial charge in [-0.1, -0.05) is 13.8 Å². The molecule has 0 heterocycles. The van der Waals surface area contributed by atoms with Gasteiger partial charge in [0, 0.05) is 6.54 Å². The molecule has 0 saturated heterocycles. The molecule has 6 heteroatoms. The lowest BCUT2D eigenvalue weighted by Gasteiger charge is -2.17. The first kappa shape index (κ1) is 20.3. The molecule has 0 atom stereocenters. The van der Waals surface area contributed by atoms with Gasteiger partial charge in [-0.2, -0.15) is 0 Å². The number of hydrogen-bond acceptors (Lipinski definition) is 3. The van der Waals surface area contributed by atoms with Crippen molar-refractivity contribution in [1.29, 1.82) is 0 Å². The minimum absolute atomic E-state index is 0. The molecular formula is C12H27Cl2N3O. The van der Waals surface area contributed by atoms with Crippen LogP contribution in [0.2, 0.25) is 0 Å². The second-order valence-electron chi connectivity index (χ2n) is 4.65. The summed E-state index contributed by atoms with van der Waals surface area (Å²) < 4.78 is 0. The van der Waals surface area contributed by atoms with Crippen molar-refractivity contribution >= 4 is 30.7 Å². The zero-order valence-corrected chi connectivity index (χ0v) is 13.0. The van der Waals surface area contributed by atoms with Crippen LogP contribution in [0.4, 0.5) is 0 Å². The third-order valence-corrected chi connectivity index (χ3v) is 3.32. The molecule has 0 bridgehead atoms. The fourth-order valence-electron chi connectivity index (χ4n) is 1.74. The molecule has 0 aliphatic heterocycles. The molecule has 1 rings (SSSR count). The Morgan fingerprint density at radius 1 is 1.22 bits per heavy atom. The molecular weight excluding hydrogens is 273 g/mol. The van der Waals surface area contributed by atoms with Gasteiger partial charge in [0.2, 0.25) is 5.91 Å². The Labute approximate surface area is 123 Å². The molecule has 4 nitrogen and oxygen atoms in total. The minimum atomic E-state index is -0.515. The first-order valence-electron chi connectivity index (χ1n) is 6.42. The quantitative estimate of drug-likeness (QED) is 0.669. The highest BCUT2D eigenvalue weighted by atomic mass is 35.5. The van der Waals surface area contributed by atoms with E-state index in [2.05, 4.69) is 24.1 Å². The summed E-state index contributed by atoms with van der Waals surface area (Å²) in [5.74, 6) is 0.0374. The number of nitrogens with one attached hydrogen (secondary N) is 1. The van der Waals surface area contributed by atoms with Gasteiger partial charge in [0.25, 0.3) is 0 Å². The largest absolute Gasteiger partial charge is 0.355 e. The average Bonchev–Trinajstić information content (AvgIpc) is 3.03. The maximum absolute atomic E-state index is 11.5. The van der Waals surface area contributed by atoms with E-state index in [0.29, 0.717) is 0 Å². The molecule has 1 saturated carbocycles. The van der Waals surface area contributed by atoms with Crippen molar-refractivity contribution in [3.05, 3.63) is 0 Å². The van der Waals surface area contributed by atoms with Gasteiger partial charge in [0.05, 0.1) is 5.54 Å². The van der Waals surface area contributed by atoms with Gasteiger partial charge in [-0.3, -0.25) is 4.79 Å². The Bertz CT molecular complexity index is 231. The lowest BCUT2D eigenvalue weighted by atomic mass is 10.2. The van der Waals surface area contributed by atoms with E-state index in [1.165, 1.54) is 0 Å². The van der Waals surface area contributed by atoms with Crippen LogP contribution < -0.4 is 11.1 Å². The Kier molecular flexibility index (Phi) is 11.1. The van der Waals surface area contributed by atoms with Crippen molar-refractivity contribution < 1.29 is 4.79 Å². The number of amides is 1. The Hall–Kier alpha value is -0.0300.